The number of halogens is 3. The van der Waals surface area contributed by atoms with E-state index in [-0.39, 0.29) is 5.75 Å². The molecule has 5 heteroatoms. The molecule has 1 aliphatic carbocycles. The van der Waals surface area contributed by atoms with E-state index < -0.39 is 12.8 Å². The van der Waals surface area contributed by atoms with E-state index in [1.807, 2.05) is 0 Å². The van der Waals surface area contributed by atoms with Gasteiger partial charge in [-0.1, -0.05) is 25.5 Å². The van der Waals surface area contributed by atoms with Gasteiger partial charge in [0.15, 0.2) is 6.61 Å². The van der Waals surface area contributed by atoms with Crippen molar-refractivity contribution < 1.29 is 17.9 Å². The number of hydrogen-bond acceptors (Lipinski definition) is 2. The normalized spacial score (nSPS) is 22.9. The van der Waals surface area contributed by atoms with Crippen LogP contribution in [0.25, 0.3) is 0 Å². The van der Waals surface area contributed by atoms with Crippen LogP contribution in [0.1, 0.15) is 39.0 Å². The second-order valence-corrected chi connectivity index (χ2v) is 5.67. The van der Waals surface area contributed by atoms with Gasteiger partial charge in [0.2, 0.25) is 0 Å². The summed E-state index contributed by atoms with van der Waals surface area (Å²) in [5.74, 6) is 1.06. The number of hydrogen-bond donors (Lipinski definition) is 1. The van der Waals surface area contributed by atoms with E-state index in [1.165, 1.54) is 19.3 Å². The van der Waals surface area contributed by atoms with Crippen LogP contribution in [-0.4, -0.2) is 18.8 Å². The summed E-state index contributed by atoms with van der Waals surface area (Å²) in [6.45, 7) is 0.951. The summed E-state index contributed by atoms with van der Waals surface area (Å²) in [4.78, 5) is 0. The number of para-hydroxylation sites is 2. The first kappa shape index (κ1) is 16.0. The van der Waals surface area contributed by atoms with Crippen LogP contribution in [0.4, 0.5) is 18.9 Å². The fraction of sp³-hybridized carbons (Fsp3) is 0.625. The highest BCUT2D eigenvalue weighted by molar-refractivity contribution is 5.56. The average Bonchev–Trinajstić information content (AvgIpc) is 2.46. The predicted molar refractivity (Wildman–Crippen MR) is 77.7 cm³/mol. The molecule has 1 aromatic rings. The molecular weight excluding hydrogens is 279 g/mol. The molecule has 2 rings (SSSR count). The third-order valence-electron chi connectivity index (χ3n) is 4.06. The number of rotatable bonds is 5. The van der Waals surface area contributed by atoms with Crippen LogP contribution in [0.3, 0.4) is 0 Å². The molecule has 1 fully saturated rings. The maximum Gasteiger partial charge on any atom is 0.422 e. The third-order valence-corrected chi connectivity index (χ3v) is 4.06. The molecular formula is C16H22F3NO. The van der Waals surface area contributed by atoms with Crippen LogP contribution in [0, 0.1) is 5.92 Å². The molecule has 0 radical (unpaired) electrons. The highest BCUT2D eigenvalue weighted by atomic mass is 19.4. The minimum absolute atomic E-state index is 0.271. The Morgan fingerprint density at radius 1 is 1.14 bits per heavy atom. The molecule has 1 N–H and O–H groups in total. The molecule has 0 bridgehead atoms. The number of ether oxygens (including phenoxy) is 1. The van der Waals surface area contributed by atoms with Gasteiger partial charge in [-0.3, -0.25) is 0 Å². The molecule has 0 aromatic heterocycles. The van der Waals surface area contributed by atoms with Crippen LogP contribution in [0.15, 0.2) is 24.3 Å². The first-order valence-corrected chi connectivity index (χ1v) is 7.53. The molecule has 2 nitrogen and oxygen atoms in total. The van der Waals surface area contributed by atoms with Crippen molar-refractivity contribution in [2.75, 3.05) is 11.9 Å². The second kappa shape index (κ2) is 7.05. The first-order valence-electron chi connectivity index (χ1n) is 7.53. The maximum atomic E-state index is 12.3. The van der Waals surface area contributed by atoms with Gasteiger partial charge in [-0.05, 0) is 43.7 Å². The fourth-order valence-electron chi connectivity index (χ4n) is 2.81. The molecule has 21 heavy (non-hydrogen) atoms. The van der Waals surface area contributed by atoms with Gasteiger partial charge >= 0.3 is 6.18 Å². The zero-order valence-corrected chi connectivity index (χ0v) is 12.2. The highest BCUT2D eigenvalue weighted by Crippen LogP contribution is 2.32. The predicted octanol–water partition coefficient (Wildman–Crippen LogP) is 5.01. The van der Waals surface area contributed by atoms with Crippen molar-refractivity contribution in [3.63, 3.8) is 0 Å². The second-order valence-electron chi connectivity index (χ2n) is 5.67. The lowest BCUT2D eigenvalue weighted by molar-refractivity contribution is -0.153. The van der Waals surface area contributed by atoms with Gasteiger partial charge in [0.25, 0.3) is 0 Å². The molecule has 1 aromatic carbocycles. The van der Waals surface area contributed by atoms with Crippen molar-refractivity contribution in [2.45, 2.75) is 51.2 Å². The van der Waals surface area contributed by atoms with E-state index >= 15 is 0 Å². The zero-order chi connectivity index (χ0) is 15.3. The van der Waals surface area contributed by atoms with E-state index in [9.17, 15) is 13.2 Å². The molecule has 0 saturated heterocycles. The summed E-state index contributed by atoms with van der Waals surface area (Å²) < 4.78 is 41.7. The zero-order valence-electron chi connectivity index (χ0n) is 12.2. The van der Waals surface area contributed by atoms with E-state index in [4.69, 9.17) is 4.74 Å². The quantitative estimate of drug-likeness (QED) is 0.825. The number of benzene rings is 1. The number of anilines is 1. The van der Waals surface area contributed by atoms with E-state index in [0.29, 0.717) is 11.7 Å². The van der Waals surface area contributed by atoms with Gasteiger partial charge in [-0.25, -0.2) is 0 Å². The van der Waals surface area contributed by atoms with Crippen molar-refractivity contribution >= 4 is 5.69 Å². The lowest BCUT2D eigenvalue weighted by Crippen LogP contribution is -2.26. The van der Waals surface area contributed by atoms with Crippen molar-refractivity contribution in [1.29, 1.82) is 0 Å². The maximum absolute atomic E-state index is 12.3. The first-order chi connectivity index (χ1) is 9.98. The largest absolute Gasteiger partial charge is 0.482 e. The minimum Gasteiger partial charge on any atom is -0.482 e. The molecule has 0 aliphatic heterocycles. The molecule has 0 unspecified atom stereocenters. The van der Waals surface area contributed by atoms with Crippen LogP contribution < -0.4 is 10.1 Å². The Hall–Kier alpha value is -1.39. The standard InChI is InChI=1S/C16H22F3NO/c1-2-12-7-9-13(10-8-12)20-14-5-3-4-6-15(14)21-11-16(17,18)19/h3-6,12-13,20H,2,7-11H2,1H3. The SMILES string of the molecule is CCC1CCC(Nc2ccccc2OCC(F)(F)F)CC1. The van der Waals surface area contributed by atoms with Gasteiger partial charge in [0.1, 0.15) is 5.75 Å². The average molecular weight is 301 g/mol. The monoisotopic (exact) mass is 301 g/mol. The summed E-state index contributed by atoms with van der Waals surface area (Å²) in [6, 6.07) is 7.16. The lowest BCUT2D eigenvalue weighted by atomic mass is 9.84. The smallest absolute Gasteiger partial charge is 0.422 e. The summed E-state index contributed by atoms with van der Waals surface area (Å²) in [7, 11) is 0. The van der Waals surface area contributed by atoms with Crippen LogP contribution in [-0.2, 0) is 0 Å². The summed E-state index contributed by atoms with van der Waals surface area (Å²) >= 11 is 0. The minimum atomic E-state index is -4.31. The fourth-order valence-corrected chi connectivity index (χ4v) is 2.81. The van der Waals surface area contributed by atoms with E-state index in [0.717, 1.165) is 18.8 Å². The molecule has 0 amide bonds. The Bertz CT molecular complexity index is 439. The summed E-state index contributed by atoms with van der Waals surface area (Å²) in [5.41, 5.74) is 0.654. The van der Waals surface area contributed by atoms with Gasteiger partial charge < -0.3 is 10.1 Å². The topological polar surface area (TPSA) is 21.3 Å². The summed E-state index contributed by atoms with van der Waals surface area (Å²) in [6.07, 6.45) is 1.38. The molecule has 0 atom stereocenters. The molecule has 1 saturated carbocycles. The van der Waals surface area contributed by atoms with E-state index in [2.05, 4.69) is 12.2 Å². The lowest BCUT2D eigenvalue weighted by Gasteiger charge is -2.29. The number of nitrogens with one attached hydrogen (secondary N) is 1. The van der Waals surface area contributed by atoms with Gasteiger partial charge in [0, 0.05) is 6.04 Å². The third kappa shape index (κ3) is 5.14. The van der Waals surface area contributed by atoms with Crippen molar-refractivity contribution in [3.05, 3.63) is 24.3 Å². The van der Waals surface area contributed by atoms with E-state index in [1.54, 1.807) is 24.3 Å². The van der Waals surface area contributed by atoms with Gasteiger partial charge in [-0.15, -0.1) is 0 Å². The summed E-state index contributed by atoms with van der Waals surface area (Å²) in [5, 5.41) is 3.34. The van der Waals surface area contributed by atoms with Gasteiger partial charge in [-0.2, -0.15) is 13.2 Å². The van der Waals surface area contributed by atoms with Crippen LogP contribution >= 0.6 is 0 Å². The molecule has 118 valence electrons. The highest BCUT2D eigenvalue weighted by Gasteiger charge is 2.29. The van der Waals surface area contributed by atoms with Crippen molar-refractivity contribution in [1.82, 2.24) is 0 Å². The number of alkyl halides is 3. The van der Waals surface area contributed by atoms with Crippen molar-refractivity contribution in [3.8, 4) is 5.75 Å². The Kier molecular flexibility index (Phi) is 5.37. The van der Waals surface area contributed by atoms with Crippen molar-refractivity contribution in [2.24, 2.45) is 5.92 Å². The Morgan fingerprint density at radius 2 is 1.81 bits per heavy atom. The van der Waals surface area contributed by atoms with Crippen LogP contribution in [0.5, 0.6) is 5.75 Å². The Morgan fingerprint density at radius 3 is 2.43 bits per heavy atom. The van der Waals surface area contributed by atoms with Gasteiger partial charge in [0.05, 0.1) is 5.69 Å². The molecule has 0 spiro atoms. The van der Waals surface area contributed by atoms with Crippen LogP contribution in [0.2, 0.25) is 0 Å². The molecule has 1 aliphatic rings. The Labute approximate surface area is 123 Å². The molecule has 0 heterocycles. The Balaban J connectivity index is 1.94.